The molecule has 4 N–H and O–H groups in total. The molecule has 0 bridgehead atoms. The molecule has 5 nitrogen and oxygen atoms in total. The molecule has 0 fully saturated rings. The molecule has 0 aliphatic carbocycles. The van der Waals surface area contributed by atoms with Crippen molar-refractivity contribution in [2.75, 3.05) is 0 Å². The Hall–Kier alpha value is -6.50. The van der Waals surface area contributed by atoms with E-state index in [2.05, 4.69) is 167 Å². The summed E-state index contributed by atoms with van der Waals surface area (Å²) in [5.41, 5.74) is 16.2. The molecular formula is C50H39Cl3N3O2+3. The number of aromatic amines is 3. The summed E-state index contributed by atoms with van der Waals surface area (Å²) in [6.45, 7) is 2.03. The van der Waals surface area contributed by atoms with Crippen LogP contribution < -0.4 is 15.0 Å². The minimum absolute atomic E-state index is 0. The number of hydrogen-bond acceptors (Lipinski definition) is 2. The van der Waals surface area contributed by atoms with Crippen molar-refractivity contribution in [2.24, 2.45) is 0 Å². The zero-order valence-electron chi connectivity index (χ0n) is 31.3. The van der Waals surface area contributed by atoms with Gasteiger partial charge in [-0.05, 0) is 99.6 Å². The summed E-state index contributed by atoms with van der Waals surface area (Å²) in [5.74, 6) is 0.215. The van der Waals surface area contributed by atoms with Crippen molar-refractivity contribution in [1.29, 1.82) is 0 Å². The van der Waals surface area contributed by atoms with Crippen molar-refractivity contribution in [3.05, 3.63) is 182 Å². The predicted octanol–water partition coefficient (Wildman–Crippen LogP) is 12.5. The number of aromatic nitrogens is 3. The molecule has 0 saturated carbocycles. The van der Waals surface area contributed by atoms with Gasteiger partial charge in [-0.1, -0.05) is 84.9 Å². The molecule has 284 valence electrons. The monoisotopic (exact) mass is 818 g/mol. The van der Waals surface area contributed by atoms with Gasteiger partial charge in [0, 0.05) is 53.1 Å². The summed E-state index contributed by atoms with van der Waals surface area (Å²) in [6.07, 6.45) is 2.05. The lowest BCUT2D eigenvalue weighted by Crippen LogP contribution is -2.07. The third-order valence-electron chi connectivity index (χ3n) is 10.5. The summed E-state index contributed by atoms with van der Waals surface area (Å²) in [4.78, 5) is 10.5. The maximum Gasteiger partial charge on any atom is 0.380 e. The number of H-pyrrole nitrogens is 3. The van der Waals surface area contributed by atoms with Gasteiger partial charge in [0.25, 0.3) is 0 Å². The number of hydrogen-bond donors (Lipinski definition) is 1. The summed E-state index contributed by atoms with van der Waals surface area (Å²) in [7, 11) is 0. The van der Waals surface area contributed by atoms with Crippen LogP contribution >= 0.6 is 37.2 Å². The number of fused-ring (bicyclic) bond motifs is 4. The van der Waals surface area contributed by atoms with Crippen molar-refractivity contribution in [3.63, 3.8) is 0 Å². The molecule has 4 aromatic heterocycles. The van der Waals surface area contributed by atoms with Crippen LogP contribution in [0.25, 0.3) is 100.0 Å². The van der Waals surface area contributed by atoms with Gasteiger partial charge in [0.1, 0.15) is 5.75 Å². The molecule has 6 aromatic carbocycles. The van der Waals surface area contributed by atoms with Crippen LogP contribution in [0.4, 0.5) is 0 Å². The van der Waals surface area contributed by atoms with E-state index in [4.69, 9.17) is 4.42 Å². The smallest absolute Gasteiger partial charge is 0.380 e. The molecule has 8 heteroatoms. The Morgan fingerprint density at radius 1 is 0.448 bits per heavy atom. The van der Waals surface area contributed by atoms with E-state index in [1.54, 1.807) is 0 Å². The molecule has 0 amide bonds. The van der Waals surface area contributed by atoms with E-state index >= 15 is 0 Å². The highest BCUT2D eigenvalue weighted by molar-refractivity contribution is 6.07. The lowest BCUT2D eigenvalue weighted by Gasteiger charge is -2.14. The van der Waals surface area contributed by atoms with Crippen LogP contribution in [0.2, 0.25) is 0 Å². The van der Waals surface area contributed by atoms with E-state index in [1.807, 2.05) is 31.3 Å². The molecule has 58 heavy (non-hydrogen) atoms. The van der Waals surface area contributed by atoms with Gasteiger partial charge in [0.15, 0.2) is 17.5 Å². The van der Waals surface area contributed by atoms with Crippen LogP contribution in [-0.4, -0.2) is 5.11 Å². The number of rotatable bonds is 6. The highest BCUT2D eigenvalue weighted by atomic mass is 35.5. The van der Waals surface area contributed by atoms with E-state index in [0.717, 1.165) is 100 Å². The summed E-state index contributed by atoms with van der Waals surface area (Å²) in [5, 5.41) is 14.5. The van der Waals surface area contributed by atoms with Crippen LogP contribution in [0, 0.1) is 6.92 Å². The van der Waals surface area contributed by atoms with Crippen LogP contribution in [0.15, 0.2) is 180 Å². The van der Waals surface area contributed by atoms with Crippen molar-refractivity contribution >= 4 is 70.2 Å². The number of halogens is 3. The van der Waals surface area contributed by atoms with Gasteiger partial charge in [0.05, 0.1) is 10.9 Å². The number of pyridine rings is 3. The molecule has 0 unspecified atom stereocenters. The third-order valence-corrected chi connectivity index (χ3v) is 10.5. The summed E-state index contributed by atoms with van der Waals surface area (Å²) < 4.78 is 6.34. The van der Waals surface area contributed by atoms with Gasteiger partial charge in [-0.25, -0.2) is 9.97 Å². The maximum atomic E-state index is 11.2. The van der Waals surface area contributed by atoms with Crippen LogP contribution in [0.3, 0.4) is 0 Å². The predicted molar refractivity (Wildman–Crippen MR) is 242 cm³/mol. The number of para-hydroxylation sites is 2. The Balaban J connectivity index is 0.00000171. The lowest BCUT2D eigenvalue weighted by molar-refractivity contribution is -0.365. The second kappa shape index (κ2) is 16.5. The largest absolute Gasteiger partial charge is 0.508 e. The molecule has 4 heterocycles. The number of phenolic OH excluding ortho intramolecular Hbond substituents is 1. The first kappa shape index (κ1) is 39.7. The zero-order valence-corrected chi connectivity index (χ0v) is 33.8. The molecule has 0 aliphatic rings. The van der Waals surface area contributed by atoms with Crippen LogP contribution in [0.1, 0.15) is 5.69 Å². The second-order valence-electron chi connectivity index (χ2n) is 14.1. The van der Waals surface area contributed by atoms with Gasteiger partial charge in [-0.2, -0.15) is 4.98 Å². The second-order valence-corrected chi connectivity index (χ2v) is 14.1. The van der Waals surface area contributed by atoms with Crippen LogP contribution in [-0.2, 0) is 0 Å². The minimum atomic E-state index is 0. The topological polar surface area (TPSA) is 75.8 Å². The number of aryl methyl sites for hydroxylation is 1. The SMILES string of the molecule is Cc1ccc2c([nH+]1)oc1c(-c3ccc(-c4ccccc4-c4cc(O)cc(-c5ccccc5-c5ccc(-c6ccc7ccccc7[nH+]6)cc5)c4)c[nH+]3)cccc12.Cl.Cl.Cl. The maximum absolute atomic E-state index is 11.2. The Kier molecular flexibility index (Phi) is 11.3. The Bertz CT molecular complexity index is 3070. The summed E-state index contributed by atoms with van der Waals surface area (Å²) in [6, 6.07) is 58.6. The fourth-order valence-corrected chi connectivity index (χ4v) is 7.81. The highest BCUT2D eigenvalue weighted by Crippen LogP contribution is 2.40. The normalized spacial score (nSPS) is 10.8. The first-order chi connectivity index (χ1) is 27.1. The van der Waals surface area contributed by atoms with Crippen molar-refractivity contribution < 1.29 is 24.5 Å². The molecular weight excluding hydrogens is 781 g/mol. The average molecular weight is 820 g/mol. The Labute approximate surface area is 354 Å². The molecule has 0 aliphatic heterocycles. The third kappa shape index (κ3) is 7.28. The van der Waals surface area contributed by atoms with Crippen molar-refractivity contribution in [1.82, 2.24) is 0 Å². The lowest BCUT2D eigenvalue weighted by atomic mass is 9.90. The number of aromatic hydroxyl groups is 1. The fraction of sp³-hybridized carbons (Fsp3) is 0.0200. The van der Waals surface area contributed by atoms with E-state index in [1.165, 1.54) is 5.39 Å². The molecule has 0 spiro atoms. The van der Waals surface area contributed by atoms with E-state index in [-0.39, 0.29) is 43.0 Å². The molecule has 10 rings (SSSR count). The van der Waals surface area contributed by atoms with Crippen LogP contribution in [0.5, 0.6) is 5.75 Å². The molecule has 10 aromatic rings. The van der Waals surface area contributed by atoms with Gasteiger partial charge in [0.2, 0.25) is 16.9 Å². The molecule has 0 atom stereocenters. The number of furan rings is 1. The van der Waals surface area contributed by atoms with E-state index < -0.39 is 0 Å². The van der Waals surface area contributed by atoms with Crippen molar-refractivity contribution in [2.45, 2.75) is 6.92 Å². The molecule has 0 radical (unpaired) electrons. The zero-order chi connectivity index (χ0) is 36.9. The first-order valence-corrected chi connectivity index (χ1v) is 18.5. The Morgan fingerprint density at radius 2 is 1.03 bits per heavy atom. The Morgan fingerprint density at radius 3 is 1.72 bits per heavy atom. The van der Waals surface area contributed by atoms with E-state index in [9.17, 15) is 5.11 Å². The first-order valence-electron chi connectivity index (χ1n) is 18.5. The van der Waals surface area contributed by atoms with Gasteiger partial charge < -0.3 is 9.52 Å². The average Bonchev–Trinajstić information content (AvgIpc) is 3.61. The number of phenols is 1. The molecule has 0 saturated heterocycles. The fourth-order valence-electron chi connectivity index (χ4n) is 7.81. The van der Waals surface area contributed by atoms with Gasteiger partial charge in [-0.3, -0.25) is 0 Å². The van der Waals surface area contributed by atoms with Gasteiger partial charge in [-0.15, -0.1) is 37.2 Å². The number of benzene rings is 6. The summed E-state index contributed by atoms with van der Waals surface area (Å²) >= 11 is 0. The van der Waals surface area contributed by atoms with E-state index in [0.29, 0.717) is 0 Å². The van der Waals surface area contributed by atoms with Crippen molar-refractivity contribution in [3.8, 4) is 72.8 Å². The highest BCUT2D eigenvalue weighted by Gasteiger charge is 2.20. The standard InChI is InChI=1S/C50H33N3O2.3ClH/c1-31-17-24-44-43-14-8-15-45(49(43)55-50(44)52-31)48-26-23-35(30-51-48)40-11-4-6-13-42(40)37-27-36(28-38(54)29-37)41-12-5-3-10-39(41)32-18-20-34(21-19-32)47-25-22-33-9-2-7-16-46(33)53-47;;;/h2-30,54H,1H3;3*1H/p+3. The quantitative estimate of drug-likeness (QED) is 0.181. The number of nitrogens with one attached hydrogen (secondary N) is 3. The minimum Gasteiger partial charge on any atom is -0.508 e. The van der Waals surface area contributed by atoms with Gasteiger partial charge >= 0.3 is 5.71 Å².